The molecule has 0 aliphatic heterocycles. The van der Waals surface area contributed by atoms with Gasteiger partial charge in [0, 0.05) is 11.5 Å². The highest BCUT2D eigenvalue weighted by Gasteiger charge is 2.40. The molecule has 1 unspecified atom stereocenters. The number of hydrogen-bond donors (Lipinski definition) is 1. The van der Waals surface area contributed by atoms with Crippen molar-refractivity contribution in [2.24, 2.45) is 5.41 Å². The number of benzene rings is 1. The van der Waals surface area contributed by atoms with E-state index in [2.05, 4.69) is 19.0 Å². The van der Waals surface area contributed by atoms with Crippen LogP contribution in [0.25, 0.3) is 11.1 Å². The molecule has 1 saturated carbocycles. The van der Waals surface area contributed by atoms with Gasteiger partial charge in [-0.25, -0.2) is 4.39 Å². The van der Waals surface area contributed by atoms with Crippen LogP contribution in [0.5, 0.6) is 0 Å². The molecular weight excluding hydrogens is 291 g/mol. The predicted molar refractivity (Wildman–Crippen MR) is 81.7 cm³/mol. The average molecular weight is 309 g/mol. The van der Waals surface area contributed by atoms with Gasteiger partial charge in [-0.1, -0.05) is 43.1 Å². The minimum atomic E-state index is -0.408. The molecular formula is C16H18ClFN2O. The molecule has 1 heterocycles. The van der Waals surface area contributed by atoms with Gasteiger partial charge in [-0.2, -0.15) is 0 Å². The molecule has 0 saturated heterocycles. The highest BCUT2D eigenvalue weighted by molar-refractivity contribution is 6.33. The van der Waals surface area contributed by atoms with Gasteiger partial charge in [0.1, 0.15) is 5.82 Å². The lowest BCUT2D eigenvalue weighted by atomic mass is 9.78. The molecule has 1 aromatic carbocycles. The van der Waals surface area contributed by atoms with Crippen LogP contribution >= 0.6 is 11.6 Å². The molecule has 0 spiro atoms. The van der Waals surface area contributed by atoms with E-state index in [4.69, 9.17) is 21.9 Å². The summed E-state index contributed by atoms with van der Waals surface area (Å²) < 4.78 is 19.4. The van der Waals surface area contributed by atoms with Gasteiger partial charge in [-0.3, -0.25) is 0 Å². The topological polar surface area (TPSA) is 52.0 Å². The van der Waals surface area contributed by atoms with Crippen molar-refractivity contribution in [3.63, 3.8) is 0 Å². The van der Waals surface area contributed by atoms with Gasteiger partial charge in [0.05, 0.1) is 16.3 Å². The molecule has 0 amide bonds. The first-order valence-electron chi connectivity index (χ1n) is 7.11. The van der Waals surface area contributed by atoms with Crippen molar-refractivity contribution in [3.05, 3.63) is 34.7 Å². The number of nitrogens with zero attached hydrogens (tertiary/aromatic N) is 1. The second-order valence-electron chi connectivity index (χ2n) is 6.34. The molecule has 3 nitrogen and oxygen atoms in total. The van der Waals surface area contributed by atoms with Gasteiger partial charge in [-0.05, 0) is 30.4 Å². The summed E-state index contributed by atoms with van der Waals surface area (Å²) in [6.45, 7) is 4.39. The zero-order chi connectivity index (χ0) is 15.2. The summed E-state index contributed by atoms with van der Waals surface area (Å²) in [4.78, 5) is 0. The molecule has 1 atom stereocenters. The summed E-state index contributed by atoms with van der Waals surface area (Å²) in [5.41, 5.74) is 7.53. The smallest absolute Gasteiger partial charge is 0.230 e. The molecule has 0 bridgehead atoms. The number of anilines is 1. The Morgan fingerprint density at radius 1 is 1.38 bits per heavy atom. The molecule has 3 rings (SSSR count). The molecule has 2 aromatic rings. The lowest BCUT2D eigenvalue weighted by Crippen LogP contribution is -2.16. The maximum Gasteiger partial charge on any atom is 0.230 e. The molecule has 1 aliphatic carbocycles. The van der Waals surface area contributed by atoms with Crippen molar-refractivity contribution in [1.82, 2.24) is 5.16 Å². The molecule has 5 heteroatoms. The summed E-state index contributed by atoms with van der Waals surface area (Å²) >= 11 is 6.18. The van der Waals surface area contributed by atoms with Crippen LogP contribution in [0.1, 0.15) is 44.7 Å². The van der Waals surface area contributed by atoms with Crippen molar-refractivity contribution in [2.45, 2.75) is 39.0 Å². The third kappa shape index (κ3) is 2.31. The van der Waals surface area contributed by atoms with E-state index in [9.17, 15) is 4.39 Å². The molecule has 112 valence electrons. The zero-order valence-corrected chi connectivity index (χ0v) is 12.9. The monoisotopic (exact) mass is 308 g/mol. The van der Waals surface area contributed by atoms with E-state index in [1.807, 2.05) is 0 Å². The molecule has 1 aromatic heterocycles. The quantitative estimate of drug-likeness (QED) is 0.848. The van der Waals surface area contributed by atoms with E-state index in [-0.39, 0.29) is 22.8 Å². The van der Waals surface area contributed by atoms with Gasteiger partial charge < -0.3 is 10.3 Å². The molecule has 1 fully saturated rings. The Balaban J connectivity index is 2.19. The first-order chi connectivity index (χ1) is 9.92. The van der Waals surface area contributed by atoms with E-state index in [1.165, 1.54) is 6.07 Å². The fourth-order valence-electron chi connectivity index (χ4n) is 3.38. The number of aromatic nitrogens is 1. The van der Waals surface area contributed by atoms with Crippen LogP contribution in [-0.4, -0.2) is 5.16 Å². The Morgan fingerprint density at radius 2 is 2.14 bits per heavy atom. The van der Waals surface area contributed by atoms with Crippen molar-refractivity contribution in [1.29, 1.82) is 0 Å². The van der Waals surface area contributed by atoms with Crippen molar-refractivity contribution in [2.75, 3.05) is 5.73 Å². The summed E-state index contributed by atoms with van der Waals surface area (Å²) in [5.74, 6) is -0.0848. The molecule has 0 radical (unpaired) electrons. The fraction of sp³-hybridized carbons (Fsp3) is 0.438. The molecule has 21 heavy (non-hydrogen) atoms. The Kier molecular flexibility index (Phi) is 3.44. The largest absolute Gasteiger partial charge is 0.367 e. The predicted octanol–water partition coefficient (Wildman–Crippen LogP) is 5.01. The van der Waals surface area contributed by atoms with Crippen LogP contribution in [-0.2, 0) is 0 Å². The van der Waals surface area contributed by atoms with E-state index in [0.717, 1.165) is 25.0 Å². The second-order valence-corrected chi connectivity index (χ2v) is 6.74. The maximum atomic E-state index is 14.2. The van der Waals surface area contributed by atoms with Crippen LogP contribution < -0.4 is 5.73 Å². The highest BCUT2D eigenvalue weighted by atomic mass is 35.5. The number of nitrogens with two attached hydrogens (primary N) is 1. The van der Waals surface area contributed by atoms with E-state index < -0.39 is 5.82 Å². The van der Waals surface area contributed by atoms with Crippen molar-refractivity contribution in [3.8, 4) is 11.1 Å². The fourth-order valence-corrected chi connectivity index (χ4v) is 3.63. The van der Waals surface area contributed by atoms with Gasteiger partial charge >= 0.3 is 0 Å². The Bertz CT molecular complexity index is 661. The van der Waals surface area contributed by atoms with Crippen molar-refractivity contribution < 1.29 is 8.91 Å². The van der Waals surface area contributed by atoms with E-state index in [0.29, 0.717) is 10.6 Å². The summed E-state index contributed by atoms with van der Waals surface area (Å²) in [5, 5.41) is 4.45. The standard InChI is InChI=1S/C16H18ClFN2O/c1-16(2)8-4-5-9(16)14-13(15(19)21-20-14)12-10(17)6-3-7-11(12)18/h3,6-7,9H,4-5,8,19H2,1-2H3. The SMILES string of the molecule is CC1(C)CCCC1c1noc(N)c1-c1c(F)cccc1Cl. The second kappa shape index (κ2) is 5.02. The number of hydrogen-bond acceptors (Lipinski definition) is 3. The summed E-state index contributed by atoms with van der Waals surface area (Å²) in [6.07, 6.45) is 3.22. The first kappa shape index (κ1) is 14.4. The maximum absolute atomic E-state index is 14.2. The average Bonchev–Trinajstić information content (AvgIpc) is 2.93. The van der Waals surface area contributed by atoms with E-state index in [1.54, 1.807) is 12.1 Å². The lowest BCUT2D eigenvalue weighted by molar-refractivity contribution is 0.314. The molecule has 2 N–H and O–H groups in total. The van der Waals surface area contributed by atoms with Crippen LogP contribution in [0, 0.1) is 11.2 Å². The highest BCUT2D eigenvalue weighted by Crippen LogP contribution is 2.52. The minimum Gasteiger partial charge on any atom is -0.367 e. The minimum absolute atomic E-state index is 0.0931. The third-order valence-electron chi connectivity index (χ3n) is 4.54. The van der Waals surface area contributed by atoms with Crippen LogP contribution in [0.15, 0.2) is 22.7 Å². The Hall–Kier alpha value is -1.55. The summed E-state index contributed by atoms with van der Waals surface area (Å²) in [7, 11) is 0. The number of rotatable bonds is 2. The van der Waals surface area contributed by atoms with Gasteiger partial charge in [-0.15, -0.1) is 0 Å². The Labute approximate surface area is 128 Å². The van der Waals surface area contributed by atoms with E-state index >= 15 is 0 Å². The number of halogens is 2. The molecule has 1 aliphatic rings. The third-order valence-corrected chi connectivity index (χ3v) is 4.86. The normalized spacial score (nSPS) is 20.9. The number of nitrogen functional groups attached to an aromatic ring is 1. The van der Waals surface area contributed by atoms with Gasteiger partial charge in [0.2, 0.25) is 5.88 Å². The first-order valence-corrected chi connectivity index (χ1v) is 7.49. The zero-order valence-electron chi connectivity index (χ0n) is 12.1. The van der Waals surface area contributed by atoms with Gasteiger partial charge in [0.15, 0.2) is 0 Å². The van der Waals surface area contributed by atoms with Crippen LogP contribution in [0.2, 0.25) is 5.02 Å². The van der Waals surface area contributed by atoms with Crippen LogP contribution in [0.3, 0.4) is 0 Å². The van der Waals surface area contributed by atoms with Crippen molar-refractivity contribution >= 4 is 17.5 Å². The Morgan fingerprint density at radius 3 is 2.76 bits per heavy atom. The van der Waals surface area contributed by atoms with Gasteiger partial charge in [0.25, 0.3) is 0 Å². The lowest BCUT2D eigenvalue weighted by Gasteiger charge is -2.26. The summed E-state index contributed by atoms with van der Waals surface area (Å²) in [6, 6.07) is 4.59. The van der Waals surface area contributed by atoms with Crippen LogP contribution in [0.4, 0.5) is 10.3 Å².